The highest BCUT2D eigenvalue weighted by Crippen LogP contribution is 2.33. The summed E-state index contributed by atoms with van der Waals surface area (Å²) < 4.78 is 1.11. The molecule has 0 radical (unpaired) electrons. The molecule has 0 aliphatic rings. The molecule has 0 atom stereocenters. The summed E-state index contributed by atoms with van der Waals surface area (Å²) in [5.74, 6) is -1.26. The standard InChI is InChI=1S/C13H15N5O4S/c1-6(2)9-4-7(11(14)19)13(23-9)16-12(20)10-8(18(21)22)5-15-17(10)3/h4-6H,1-3H3,(H2,14,19)(H,16,20). The van der Waals surface area contributed by atoms with E-state index in [4.69, 9.17) is 5.73 Å². The molecule has 2 heterocycles. The predicted molar refractivity (Wildman–Crippen MR) is 84.7 cm³/mol. The van der Waals surface area contributed by atoms with E-state index in [0.717, 1.165) is 15.8 Å². The van der Waals surface area contributed by atoms with E-state index in [9.17, 15) is 19.7 Å². The average Bonchev–Trinajstić information content (AvgIpc) is 3.02. The van der Waals surface area contributed by atoms with E-state index in [1.165, 1.54) is 18.4 Å². The van der Waals surface area contributed by atoms with Gasteiger partial charge in [-0.05, 0) is 12.0 Å². The Morgan fingerprint density at radius 1 is 1.48 bits per heavy atom. The van der Waals surface area contributed by atoms with Gasteiger partial charge in [0.15, 0.2) is 0 Å². The first-order valence-corrected chi connectivity index (χ1v) is 7.45. The number of amides is 2. The molecular formula is C13H15N5O4S. The van der Waals surface area contributed by atoms with Gasteiger partial charge >= 0.3 is 5.69 Å². The second kappa shape index (κ2) is 6.16. The van der Waals surface area contributed by atoms with Gasteiger partial charge in [-0.3, -0.25) is 24.4 Å². The summed E-state index contributed by atoms with van der Waals surface area (Å²) in [7, 11) is 1.42. The highest BCUT2D eigenvalue weighted by atomic mass is 32.1. The third-order valence-corrected chi connectivity index (χ3v) is 4.49. The second-order valence-electron chi connectivity index (χ2n) is 5.12. The van der Waals surface area contributed by atoms with Crippen LogP contribution in [-0.2, 0) is 7.05 Å². The molecule has 2 amide bonds. The van der Waals surface area contributed by atoms with Crippen molar-refractivity contribution in [3.8, 4) is 0 Å². The fourth-order valence-electron chi connectivity index (χ4n) is 1.96. The number of nitro groups is 1. The van der Waals surface area contributed by atoms with Gasteiger partial charge in [-0.25, -0.2) is 0 Å². The van der Waals surface area contributed by atoms with Crippen LogP contribution >= 0.6 is 11.3 Å². The number of nitrogens with two attached hydrogens (primary N) is 1. The summed E-state index contributed by atoms with van der Waals surface area (Å²) in [5, 5.41) is 17.5. The Kier molecular flexibility index (Phi) is 4.45. The molecule has 0 aliphatic heterocycles. The molecule has 2 rings (SSSR count). The minimum Gasteiger partial charge on any atom is -0.366 e. The molecule has 3 N–H and O–H groups in total. The van der Waals surface area contributed by atoms with E-state index in [1.807, 2.05) is 13.8 Å². The molecule has 122 valence electrons. The van der Waals surface area contributed by atoms with Crippen LogP contribution in [0.5, 0.6) is 0 Å². The van der Waals surface area contributed by atoms with Crippen LogP contribution in [0.1, 0.15) is 45.5 Å². The zero-order valence-corrected chi connectivity index (χ0v) is 13.5. The second-order valence-corrected chi connectivity index (χ2v) is 6.21. The van der Waals surface area contributed by atoms with Crippen LogP contribution in [0.15, 0.2) is 12.3 Å². The van der Waals surface area contributed by atoms with E-state index in [-0.39, 0.29) is 22.2 Å². The number of carbonyl (C=O) groups is 2. The van der Waals surface area contributed by atoms with Crippen LogP contribution in [0.25, 0.3) is 0 Å². The van der Waals surface area contributed by atoms with Gasteiger partial charge in [0.2, 0.25) is 5.69 Å². The number of aryl methyl sites for hydroxylation is 1. The van der Waals surface area contributed by atoms with Crippen molar-refractivity contribution in [3.63, 3.8) is 0 Å². The third-order valence-electron chi connectivity index (χ3n) is 3.14. The molecule has 9 nitrogen and oxygen atoms in total. The molecule has 2 aromatic heterocycles. The number of rotatable bonds is 5. The molecule has 0 unspecified atom stereocenters. The topological polar surface area (TPSA) is 133 Å². The monoisotopic (exact) mass is 337 g/mol. The third kappa shape index (κ3) is 3.21. The molecule has 0 aromatic carbocycles. The quantitative estimate of drug-likeness (QED) is 0.634. The van der Waals surface area contributed by atoms with Gasteiger partial charge < -0.3 is 11.1 Å². The Labute approximate surface area is 135 Å². The van der Waals surface area contributed by atoms with E-state index < -0.39 is 22.4 Å². The lowest BCUT2D eigenvalue weighted by molar-refractivity contribution is -0.385. The van der Waals surface area contributed by atoms with Crippen molar-refractivity contribution in [1.82, 2.24) is 9.78 Å². The molecule has 0 saturated heterocycles. The van der Waals surface area contributed by atoms with Crippen molar-refractivity contribution < 1.29 is 14.5 Å². The predicted octanol–water partition coefficient (Wildman–Crippen LogP) is 1.86. The SMILES string of the molecule is CC(C)c1cc(C(N)=O)c(NC(=O)c2c([N+](=O)[O-])cnn2C)s1. The van der Waals surface area contributed by atoms with E-state index >= 15 is 0 Å². The minimum atomic E-state index is -0.726. The zero-order chi connectivity index (χ0) is 17.3. The normalized spacial score (nSPS) is 10.8. The lowest BCUT2D eigenvalue weighted by atomic mass is 10.1. The van der Waals surface area contributed by atoms with Gasteiger partial charge in [0.25, 0.3) is 11.8 Å². The Bertz CT molecular complexity index is 792. The van der Waals surface area contributed by atoms with Gasteiger partial charge in [0, 0.05) is 11.9 Å². The molecule has 0 fully saturated rings. The summed E-state index contributed by atoms with van der Waals surface area (Å²) in [6, 6.07) is 1.62. The number of thiophene rings is 1. The molecule has 0 saturated carbocycles. The number of primary amides is 1. The molecule has 2 aromatic rings. The smallest absolute Gasteiger partial charge is 0.320 e. The Morgan fingerprint density at radius 2 is 2.13 bits per heavy atom. The number of hydrogen-bond donors (Lipinski definition) is 2. The van der Waals surface area contributed by atoms with E-state index in [0.29, 0.717) is 0 Å². The first kappa shape index (κ1) is 16.6. The maximum Gasteiger partial charge on any atom is 0.320 e. The Hall–Kier alpha value is -2.75. The largest absolute Gasteiger partial charge is 0.366 e. The van der Waals surface area contributed by atoms with Gasteiger partial charge in [0.05, 0.1) is 10.5 Å². The van der Waals surface area contributed by atoms with Crippen LogP contribution in [0, 0.1) is 10.1 Å². The number of anilines is 1. The van der Waals surface area contributed by atoms with Gasteiger partial charge in [-0.15, -0.1) is 11.3 Å². The maximum absolute atomic E-state index is 12.4. The van der Waals surface area contributed by atoms with Crippen LogP contribution in [-0.4, -0.2) is 26.5 Å². The van der Waals surface area contributed by atoms with Crippen LogP contribution < -0.4 is 11.1 Å². The summed E-state index contributed by atoms with van der Waals surface area (Å²) in [6.45, 7) is 3.88. The number of nitrogens with zero attached hydrogens (tertiary/aromatic N) is 3. The van der Waals surface area contributed by atoms with Crippen molar-refractivity contribution in [2.24, 2.45) is 12.8 Å². The van der Waals surface area contributed by atoms with Crippen molar-refractivity contribution in [1.29, 1.82) is 0 Å². The number of nitrogens with one attached hydrogen (secondary N) is 1. The maximum atomic E-state index is 12.4. The fourth-order valence-corrected chi connectivity index (χ4v) is 3.02. The van der Waals surface area contributed by atoms with E-state index in [1.54, 1.807) is 6.07 Å². The van der Waals surface area contributed by atoms with E-state index in [2.05, 4.69) is 10.4 Å². The van der Waals surface area contributed by atoms with Crippen molar-refractivity contribution in [2.75, 3.05) is 5.32 Å². The summed E-state index contributed by atoms with van der Waals surface area (Å²) in [6.07, 6.45) is 0.998. The fraction of sp³-hybridized carbons (Fsp3) is 0.308. The van der Waals surface area contributed by atoms with Crippen LogP contribution in [0.3, 0.4) is 0 Å². The molecule has 23 heavy (non-hydrogen) atoms. The van der Waals surface area contributed by atoms with Gasteiger partial charge in [0.1, 0.15) is 11.2 Å². The Balaban J connectivity index is 2.40. The first-order valence-electron chi connectivity index (χ1n) is 6.63. The van der Waals surface area contributed by atoms with Crippen molar-refractivity contribution in [3.05, 3.63) is 38.5 Å². The average molecular weight is 337 g/mol. The van der Waals surface area contributed by atoms with Crippen LogP contribution in [0.2, 0.25) is 0 Å². The lowest BCUT2D eigenvalue weighted by Crippen LogP contribution is -2.19. The van der Waals surface area contributed by atoms with Crippen molar-refractivity contribution >= 4 is 33.8 Å². The summed E-state index contributed by atoms with van der Waals surface area (Å²) in [4.78, 5) is 35.0. The summed E-state index contributed by atoms with van der Waals surface area (Å²) >= 11 is 1.21. The first-order chi connectivity index (χ1) is 10.7. The molecule has 0 spiro atoms. The highest BCUT2D eigenvalue weighted by molar-refractivity contribution is 7.16. The van der Waals surface area contributed by atoms with Gasteiger partial charge in [-0.2, -0.15) is 5.10 Å². The van der Waals surface area contributed by atoms with Crippen LogP contribution in [0.4, 0.5) is 10.7 Å². The molecule has 10 heteroatoms. The van der Waals surface area contributed by atoms with Gasteiger partial charge in [-0.1, -0.05) is 13.8 Å². The molecule has 0 aliphatic carbocycles. The number of aromatic nitrogens is 2. The van der Waals surface area contributed by atoms with Crippen molar-refractivity contribution in [2.45, 2.75) is 19.8 Å². The minimum absolute atomic E-state index is 0.148. The highest BCUT2D eigenvalue weighted by Gasteiger charge is 2.27. The zero-order valence-electron chi connectivity index (χ0n) is 12.7. The number of hydrogen-bond acceptors (Lipinski definition) is 6. The molecular weight excluding hydrogens is 322 g/mol. The lowest BCUT2D eigenvalue weighted by Gasteiger charge is -2.04. The Morgan fingerprint density at radius 3 is 2.65 bits per heavy atom. The molecule has 0 bridgehead atoms. The summed E-state index contributed by atoms with van der Waals surface area (Å²) in [5.41, 5.74) is 4.88. The number of carbonyl (C=O) groups excluding carboxylic acids is 2.